The lowest BCUT2D eigenvalue weighted by Crippen LogP contribution is -2.14. The summed E-state index contributed by atoms with van der Waals surface area (Å²) in [4.78, 5) is 17.6. The average molecular weight is 391 g/mol. The lowest BCUT2D eigenvalue weighted by Gasteiger charge is -2.11. The highest BCUT2D eigenvalue weighted by atomic mass is 19.1. The van der Waals surface area contributed by atoms with Crippen molar-refractivity contribution in [3.8, 4) is 17.0 Å². The molecular formula is C22H18FN3O3. The van der Waals surface area contributed by atoms with E-state index in [9.17, 15) is 9.18 Å². The molecule has 4 aromatic rings. The lowest BCUT2D eigenvalue weighted by molar-refractivity contribution is 0.102. The van der Waals surface area contributed by atoms with E-state index in [-0.39, 0.29) is 17.4 Å². The van der Waals surface area contributed by atoms with Crippen molar-refractivity contribution >= 4 is 22.7 Å². The highest BCUT2D eigenvalue weighted by molar-refractivity contribution is 6.13. The van der Waals surface area contributed by atoms with E-state index in [1.54, 1.807) is 44.4 Å². The predicted octanol–water partition coefficient (Wildman–Crippen LogP) is 4.91. The molecule has 0 aliphatic carbocycles. The summed E-state index contributed by atoms with van der Waals surface area (Å²) in [6.07, 6.45) is 0. The molecule has 0 unspecified atom stereocenters. The van der Waals surface area contributed by atoms with Gasteiger partial charge in [-0.1, -0.05) is 5.16 Å². The molecule has 0 saturated heterocycles. The lowest BCUT2D eigenvalue weighted by atomic mass is 10.0. The molecule has 0 spiro atoms. The number of ether oxygens (including phenoxy) is 1. The van der Waals surface area contributed by atoms with Crippen molar-refractivity contribution in [3.63, 3.8) is 0 Å². The zero-order chi connectivity index (χ0) is 20.5. The third-order valence-electron chi connectivity index (χ3n) is 4.68. The van der Waals surface area contributed by atoms with Crippen LogP contribution < -0.4 is 10.1 Å². The van der Waals surface area contributed by atoms with Gasteiger partial charge in [0.2, 0.25) is 0 Å². The number of halogens is 1. The molecule has 0 radical (unpaired) electrons. The molecule has 146 valence electrons. The maximum absolute atomic E-state index is 13.3. The first-order chi connectivity index (χ1) is 14.0. The first kappa shape index (κ1) is 18.6. The topological polar surface area (TPSA) is 77.2 Å². The molecule has 2 aromatic carbocycles. The van der Waals surface area contributed by atoms with Gasteiger partial charge in [0.25, 0.3) is 11.6 Å². The third kappa shape index (κ3) is 3.54. The van der Waals surface area contributed by atoms with Gasteiger partial charge in [-0.15, -0.1) is 0 Å². The minimum atomic E-state index is -0.349. The Hall–Kier alpha value is -3.74. The van der Waals surface area contributed by atoms with E-state index in [4.69, 9.17) is 9.26 Å². The van der Waals surface area contributed by atoms with E-state index in [0.717, 1.165) is 5.56 Å². The number of anilines is 1. The molecule has 7 heteroatoms. The molecule has 4 rings (SSSR count). The second kappa shape index (κ2) is 7.35. The Morgan fingerprint density at radius 1 is 1.10 bits per heavy atom. The standard InChI is InChI=1S/C22H18FN3O3/c1-12-10-16(28-3)8-9-18(12)24-21(27)17-11-19(14-4-6-15(23)7-5-14)25-22-20(17)13(2)26-29-22/h4-11H,1-3H3,(H,24,27). The van der Waals surface area contributed by atoms with Crippen molar-refractivity contribution in [2.45, 2.75) is 13.8 Å². The number of nitrogens with one attached hydrogen (secondary N) is 1. The first-order valence-corrected chi connectivity index (χ1v) is 8.95. The third-order valence-corrected chi connectivity index (χ3v) is 4.68. The number of pyridine rings is 1. The Morgan fingerprint density at radius 2 is 1.86 bits per heavy atom. The van der Waals surface area contributed by atoms with Crippen LogP contribution in [0.15, 0.2) is 53.1 Å². The maximum Gasteiger partial charge on any atom is 0.259 e. The number of hydrogen-bond donors (Lipinski definition) is 1. The van der Waals surface area contributed by atoms with Crippen molar-refractivity contribution in [3.05, 3.63) is 71.2 Å². The largest absolute Gasteiger partial charge is 0.497 e. The molecule has 2 heterocycles. The fourth-order valence-corrected chi connectivity index (χ4v) is 3.14. The van der Waals surface area contributed by atoms with Crippen LogP contribution in [0.2, 0.25) is 0 Å². The number of benzene rings is 2. The fourth-order valence-electron chi connectivity index (χ4n) is 3.14. The van der Waals surface area contributed by atoms with Gasteiger partial charge in [-0.3, -0.25) is 4.79 Å². The fraction of sp³-hybridized carbons (Fsp3) is 0.136. The summed E-state index contributed by atoms with van der Waals surface area (Å²) in [5.41, 5.74) is 3.88. The molecular weight excluding hydrogens is 373 g/mol. The normalized spacial score (nSPS) is 10.9. The summed E-state index contributed by atoms with van der Waals surface area (Å²) in [5.74, 6) is 0.0406. The van der Waals surface area contributed by atoms with Gasteiger partial charge in [0.05, 0.1) is 29.4 Å². The first-order valence-electron chi connectivity index (χ1n) is 8.95. The van der Waals surface area contributed by atoms with Crippen LogP contribution in [0.4, 0.5) is 10.1 Å². The Labute approximate surface area is 166 Å². The number of carbonyl (C=O) groups excluding carboxylic acids is 1. The second-order valence-electron chi connectivity index (χ2n) is 6.65. The molecule has 29 heavy (non-hydrogen) atoms. The molecule has 0 aliphatic rings. The maximum atomic E-state index is 13.3. The van der Waals surface area contributed by atoms with Gasteiger partial charge >= 0.3 is 0 Å². The van der Waals surface area contributed by atoms with Crippen molar-refractivity contribution in [1.82, 2.24) is 10.1 Å². The van der Waals surface area contributed by atoms with Crippen LogP contribution in [0.3, 0.4) is 0 Å². The Kier molecular flexibility index (Phi) is 4.72. The summed E-state index contributed by atoms with van der Waals surface area (Å²) in [7, 11) is 1.59. The number of amides is 1. The summed E-state index contributed by atoms with van der Waals surface area (Å²) in [5, 5.41) is 7.41. The van der Waals surface area contributed by atoms with E-state index in [2.05, 4.69) is 15.5 Å². The molecule has 0 bridgehead atoms. The predicted molar refractivity (Wildman–Crippen MR) is 108 cm³/mol. The zero-order valence-electron chi connectivity index (χ0n) is 16.1. The molecule has 6 nitrogen and oxygen atoms in total. The number of fused-ring (bicyclic) bond motifs is 1. The van der Waals surface area contributed by atoms with E-state index in [0.29, 0.717) is 39.3 Å². The monoisotopic (exact) mass is 391 g/mol. The van der Waals surface area contributed by atoms with E-state index < -0.39 is 0 Å². The SMILES string of the molecule is COc1ccc(NC(=O)c2cc(-c3ccc(F)cc3)nc3onc(C)c23)c(C)c1. The molecule has 0 saturated carbocycles. The molecule has 0 aliphatic heterocycles. The molecule has 1 N–H and O–H groups in total. The van der Waals surface area contributed by atoms with Gasteiger partial charge in [-0.2, -0.15) is 0 Å². The van der Waals surface area contributed by atoms with E-state index >= 15 is 0 Å². The summed E-state index contributed by atoms with van der Waals surface area (Å²) in [6, 6.07) is 12.9. The van der Waals surface area contributed by atoms with Crippen molar-refractivity contribution in [1.29, 1.82) is 0 Å². The smallest absolute Gasteiger partial charge is 0.259 e. The van der Waals surface area contributed by atoms with Crippen LogP contribution in [-0.4, -0.2) is 23.2 Å². The van der Waals surface area contributed by atoms with Crippen LogP contribution in [0, 0.1) is 19.7 Å². The van der Waals surface area contributed by atoms with Crippen molar-refractivity contribution in [2.24, 2.45) is 0 Å². The number of nitrogens with zero attached hydrogens (tertiary/aromatic N) is 2. The number of rotatable bonds is 4. The highest BCUT2D eigenvalue weighted by Gasteiger charge is 2.20. The van der Waals surface area contributed by atoms with Crippen LogP contribution >= 0.6 is 0 Å². The van der Waals surface area contributed by atoms with Gasteiger partial charge in [0.1, 0.15) is 11.6 Å². The summed E-state index contributed by atoms with van der Waals surface area (Å²) >= 11 is 0. The number of aryl methyl sites for hydroxylation is 2. The van der Waals surface area contributed by atoms with Crippen LogP contribution in [0.25, 0.3) is 22.4 Å². The number of hydrogen-bond acceptors (Lipinski definition) is 5. The average Bonchev–Trinajstić information content (AvgIpc) is 3.10. The molecule has 1 amide bonds. The zero-order valence-corrected chi connectivity index (χ0v) is 16.1. The summed E-state index contributed by atoms with van der Waals surface area (Å²) < 4.78 is 23.8. The van der Waals surface area contributed by atoms with E-state index in [1.807, 2.05) is 13.0 Å². The number of carbonyl (C=O) groups is 1. The molecule has 0 atom stereocenters. The number of methoxy groups -OCH3 is 1. The Morgan fingerprint density at radius 3 is 2.55 bits per heavy atom. The minimum Gasteiger partial charge on any atom is -0.497 e. The molecule has 0 fully saturated rings. The Balaban J connectivity index is 1.78. The van der Waals surface area contributed by atoms with Gasteiger partial charge in [-0.25, -0.2) is 9.37 Å². The number of aromatic nitrogens is 2. The van der Waals surface area contributed by atoms with Gasteiger partial charge in [0, 0.05) is 11.3 Å². The van der Waals surface area contributed by atoms with Gasteiger partial charge in [-0.05, 0) is 67.9 Å². The van der Waals surface area contributed by atoms with Crippen LogP contribution in [0.1, 0.15) is 21.6 Å². The van der Waals surface area contributed by atoms with Crippen molar-refractivity contribution < 1.29 is 18.4 Å². The highest BCUT2D eigenvalue weighted by Crippen LogP contribution is 2.29. The molecule has 2 aromatic heterocycles. The van der Waals surface area contributed by atoms with Crippen LogP contribution in [-0.2, 0) is 0 Å². The van der Waals surface area contributed by atoms with Gasteiger partial charge in [0.15, 0.2) is 0 Å². The Bertz CT molecular complexity index is 1220. The van der Waals surface area contributed by atoms with Gasteiger partial charge < -0.3 is 14.6 Å². The van der Waals surface area contributed by atoms with Crippen molar-refractivity contribution in [2.75, 3.05) is 12.4 Å². The van der Waals surface area contributed by atoms with Crippen LogP contribution in [0.5, 0.6) is 5.75 Å². The van der Waals surface area contributed by atoms with E-state index in [1.165, 1.54) is 12.1 Å². The second-order valence-corrected chi connectivity index (χ2v) is 6.65. The minimum absolute atomic E-state index is 0.251. The quantitative estimate of drug-likeness (QED) is 0.535. The summed E-state index contributed by atoms with van der Waals surface area (Å²) in [6.45, 7) is 3.63.